The number of nitrogens with one attached hydrogen (secondary N) is 1. The van der Waals surface area contributed by atoms with Crippen LogP contribution in [0.3, 0.4) is 0 Å². The van der Waals surface area contributed by atoms with Gasteiger partial charge in [-0.05, 0) is 43.4 Å². The highest BCUT2D eigenvalue weighted by molar-refractivity contribution is 9.08. The molecule has 1 N–H and O–H groups in total. The van der Waals surface area contributed by atoms with E-state index in [2.05, 4.69) is 25.6 Å². The lowest BCUT2D eigenvalue weighted by Crippen LogP contribution is -2.40. The SMILES string of the molecule is O=S(=O)(NC1CCC(OCCN2CCOCC2)CC1)c1ccc(CBr)cc1. The van der Waals surface area contributed by atoms with Crippen molar-refractivity contribution in [1.82, 2.24) is 9.62 Å². The van der Waals surface area contributed by atoms with Gasteiger partial charge in [-0.3, -0.25) is 4.90 Å². The second kappa shape index (κ2) is 10.3. The van der Waals surface area contributed by atoms with Gasteiger partial charge in [0, 0.05) is 31.0 Å². The van der Waals surface area contributed by atoms with Gasteiger partial charge in [-0.1, -0.05) is 28.1 Å². The fraction of sp³-hybridized carbons (Fsp3) is 0.684. The number of alkyl halides is 1. The van der Waals surface area contributed by atoms with Crippen LogP contribution in [-0.2, 0) is 24.8 Å². The number of benzene rings is 1. The van der Waals surface area contributed by atoms with Gasteiger partial charge < -0.3 is 9.47 Å². The summed E-state index contributed by atoms with van der Waals surface area (Å²) in [5.41, 5.74) is 1.06. The molecule has 1 heterocycles. The Balaban J connectivity index is 1.39. The summed E-state index contributed by atoms with van der Waals surface area (Å²) in [5.74, 6) is 0. The summed E-state index contributed by atoms with van der Waals surface area (Å²) in [4.78, 5) is 2.69. The minimum absolute atomic E-state index is 0.00931. The largest absolute Gasteiger partial charge is 0.379 e. The Hall–Kier alpha value is -0.510. The third-order valence-electron chi connectivity index (χ3n) is 5.25. The van der Waals surface area contributed by atoms with E-state index in [1.54, 1.807) is 12.1 Å². The lowest BCUT2D eigenvalue weighted by atomic mass is 9.94. The molecule has 0 radical (unpaired) electrons. The molecule has 0 spiro atoms. The predicted octanol–water partition coefficient (Wildman–Crippen LogP) is 2.52. The van der Waals surface area contributed by atoms with Gasteiger partial charge in [0.2, 0.25) is 10.0 Å². The number of rotatable bonds is 8. The van der Waals surface area contributed by atoms with E-state index in [1.165, 1.54) is 0 Å². The van der Waals surface area contributed by atoms with Crippen LogP contribution in [0.1, 0.15) is 31.2 Å². The molecule has 1 saturated heterocycles. The van der Waals surface area contributed by atoms with Crippen LogP contribution in [0.15, 0.2) is 29.2 Å². The molecule has 1 aromatic rings. The lowest BCUT2D eigenvalue weighted by molar-refractivity contribution is -0.0103. The van der Waals surface area contributed by atoms with Crippen LogP contribution in [0.4, 0.5) is 0 Å². The second-order valence-corrected chi connectivity index (χ2v) is 9.47. The van der Waals surface area contributed by atoms with Gasteiger partial charge >= 0.3 is 0 Å². The maximum Gasteiger partial charge on any atom is 0.240 e. The number of halogens is 1. The number of hydrogen-bond donors (Lipinski definition) is 1. The van der Waals surface area contributed by atoms with Gasteiger partial charge in [-0.2, -0.15) is 0 Å². The molecule has 2 aliphatic rings. The van der Waals surface area contributed by atoms with Crippen molar-refractivity contribution in [2.24, 2.45) is 0 Å². The van der Waals surface area contributed by atoms with Gasteiger partial charge in [-0.15, -0.1) is 0 Å². The average molecular weight is 461 g/mol. The zero-order chi connectivity index (χ0) is 19.1. The van der Waals surface area contributed by atoms with Crippen molar-refractivity contribution >= 4 is 26.0 Å². The van der Waals surface area contributed by atoms with Crippen LogP contribution >= 0.6 is 15.9 Å². The summed E-state index contributed by atoms with van der Waals surface area (Å²) in [6.07, 6.45) is 3.68. The van der Waals surface area contributed by atoms with E-state index in [4.69, 9.17) is 9.47 Å². The molecule has 0 amide bonds. The number of nitrogens with zero attached hydrogens (tertiary/aromatic N) is 1. The standard InChI is InChI=1S/C19H29BrN2O4S/c20-15-16-1-7-19(8-2-16)27(23,24)21-17-3-5-18(6-4-17)26-14-11-22-9-12-25-13-10-22/h1-2,7-8,17-18,21H,3-6,9-15H2. The van der Waals surface area contributed by atoms with E-state index in [0.29, 0.717) is 4.90 Å². The summed E-state index contributed by atoms with van der Waals surface area (Å²) in [6, 6.07) is 6.99. The lowest BCUT2D eigenvalue weighted by Gasteiger charge is -2.30. The Morgan fingerprint density at radius 1 is 1.11 bits per heavy atom. The molecule has 1 aliphatic heterocycles. The van der Waals surface area contributed by atoms with E-state index in [1.807, 2.05) is 12.1 Å². The molecule has 3 rings (SSSR count). The summed E-state index contributed by atoms with van der Waals surface area (Å²) in [5, 5.41) is 0.719. The molecule has 0 unspecified atom stereocenters. The molecule has 2 fully saturated rings. The van der Waals surface area contributed by atoms with Crippen LogP contribution in [0.5, 0.6) is 0 Å². The van der Waals surface area contributed by atoms with Crippen LogP contribution in [-0.4, -0.2) is 64.9 Å². The third-order valence-corrected chi connectivity index (χ3v) is 7.43. The van der Waals surface area contributed by atoms with E-state index < -0.39 is 10.0 Å². The molecule has 152 valence electrons. The second-order valence-electron chi connectivity index (χ2n) is 7.20. The van der Waals surface area contributed by atoms with Gasteiger partial charge in [0.1, 0.15) is 0 Å². The smallest absolute Gasteiger partial charge is 0.240 e. The van der Waals surface area contributed by atoms with E-state index >= 15 is 0 Å². The maximum atomic E-state index is 12.6. The highest BCUT2D eigenvalue weighted by Crippen LogP contribution is 2.23. The van der Waals surface area contributed by atoms with Crippen LogP contribution in [0.2, 0.25) is 0 Å². The molecule has 1 aromatic carbocycles. The molecule has 6 nitrogen and oxygen atoms in total. The van der Waals surface area contributed by atoms with Crippen molar-refractivity contribution in [3.63, 3.8) is 0 Å². The monoisotopic (exact) mass is 460 g/mol. The fourth-order valence-corrected chi connectivity index (χ4v) is 5.24. The van der Waals surface area contributed by atoms with E-state index in [9.17, 15) is 8.42 Å². The Labute approximate surface area is 170 Å². The normalized spacial score (nSPS) is 24.8. The van der Waals surface area contributed by atoms with Crippen LogP contribution in [0, 0.1) is 0 Å². The van der Waals surface area contributed by atoms with Crippen molar-refractivity contribution in [2.75, 3.05) is 39.5 Å². The minimum Gasteiger partial charge on any atom is -0.379 e. The Kier molecular flexibility index (Phi) is 8.10. The number of sulfonamides is 1. The molecule has 8 heteroatoms. The Bertz CT molecular complexity index is 669. The quantitative estimate of drug-likeness (QED) is 0.603. The highest BCUT2D eigenvalue weighted by Gasteiger charge is 2.26. The molecule has 0 aromatic heterocycles. The van der Waals surface area contributed by atoms with Crippen molar-refractivity contribution in [1.29, 1.82) is 0 Å². The highest BCUT2D eigenvalue weighted by atomic mass is 79.9. The molecule has 0 atom stereocenters. The maximum absolute atomic E-state index is 12.6. The van der Waals surface area contributed by atoms with E-state index in [0.717, 1.165) is 76.0 Å². The zero-order valence-corrected chi connectivity index (χ0v) is 18.0. The first kappa shape index (κ1) is 21.2. The summed E-state index contributed by atoms with van der Waals surface area (Å²) < 4.78 is 39.3. The summed E-state index contributed by atoms with van der Waals surface area (Å²) >= 11 is 3.37. The predicted molar refractivity (Wildman–Crippen MR) is 109 cm³/mol. The van der Waals surface area contributed by atoms with Crippen molar-refractivity contribution in [3.8, 4) is 0 Å². The zero-order valence-electron chi connectivity index (χ0n) is 15.6. The van der Waals surface area contributed by atoms with Crippen LogP contribution < -0.4 is 4.72 Å². The first-order chi connectivity index (χ1) is 13.1. The molecule has 0 bridgehead atoms. The Morgan fingerprint density at radius 3 is 2.41 bits per heavy atom. The van der Waals surface area contributed by atoms with Crippen molar-refractivity contribution < 1.29 is 17.9 Å². The van der Waals surface area contributed by atoms with E-state index in [-0.39, 0.29) is 12.1 Å². The number of ether oxygens (including phenoxy) is 2. The fourth-order valence-electron chi connectivity index (χ4n) is 3.57. The molecule has 1 aliphatic carbocycles. The van der Waals surface area contributed by atoms with Gasteiger partial charge in [0.05, 0.1) is 30.8 Å². The number of morpholine rings is 1. The number of hydrogen-bond acceptors (Lipinski definition) is 5. The van der Waals surface area contributed by atoms with Crippen molar-refractivity contribution in [2.45, 2.75) is 48.1 Å². The summed E-state index contributed by atoms with van der Waals surface area (Å²) in [7, 11) is -3.46. The molecule has 27 heavy (non-hydrogen) atoms. The van der Waals surface area contributed by atoms with Crippen molar-refractivity contribution in [3.05, 3.63) is 29.8 Å². The van der Waals surface area contributed by atoms with Gasteiger partial charge in [0.25, 0.3) is 0 Å². The minimum atomic E-state index is -3.46. The molecule has 1 saturated carbocycles. The first-order valence-corrected chi connectivity index (χ1v) is 12.3. The van der Waals surface area contributed by atoms with Crippen LogP contribution in [0.25, 0.3) is 0 Å². The molecular formula is C19H29BrN2O4S. The topological polar surface area (TPSA) is 67.9 Å². The van der Waals surface area contributed by atoms with Gasteiger partial charge in [-0.25, -0.2) is 13.1 Å². The average Bonchev–Trinajstić information content (AvgIpc) is 2.70. The Morgan fingerprint density at radius 2 is 1.78 bits per heavy atom. The van der Waals surface area contributed by atoms with Gasteiger partial charge in [0.15, 0.2) is 0 Å². The molecular weight excluding hydrogens is 432 g/mol. The summed E-state index contributed by atoms with van der Waals surface area (Å²) in [6.45, 7) is 5.26. The first-order valence-electron chi connectivity index (χ1n) is 9.66. The third kappa shape index (κ3) is 6.51.